The molecule has 0 saturated heterocycles. The number of benzene rings is 6. The quantitative estimate of drug-likeness (QED) is 0.158. The molecule has 2 heterocycles. The third kappa shape index (κ3) is 8.04. The highest BCUT2D eigenvalue weighted by atomic mass is 35.5. The van der Waals surface area contributed by atoms with Gasteiger partial charge in [-0.05, 0) is 71.8 Å². The fourth-order valence-electron chi connectivity index (χ4n) is 4.97. The molecule has 0 aliphatic rings. The van der Waals surface area contributed by atoms with E-state index in [1.807, 2.05) is 109 Å². The van der Waals surface area contributed by atoms with Crippen molar-refractivity contribution >= 4 is 66.3 Å². The molecule has 0 aliphatic heterocycles. The number of halogens is 2. The molecule has 236 valence electrons. The van der Waals surface area contributed by atoms with Gasteiger partial charge >= 0.3 is 0 Å². The molecular weight excluding hydrogens is 675 g/mol. The average Bonchev–Trinajstić information content (AvgIpc) is 3.75. The molecule has 8 rings (SSSR count). The SMILES string of the molecule is Clc1ccc2sc(-c3cccc(OCc4ccccc4)c3)nc2c1.Clc1ccc2sc(-c3cccc(OCc4ccccc4)c3)nc2c1. The number of fused-ring (bicyclic) bond motifs is 2. The van der Waals surface area contributed by atoms with E-state index < -0.39 is 0 Å². The largest absolute Gasteiger partial charge is 0.489 e. The van der Waals surface area contributed by atoms with Crippen molar-refractivity contribution in [2.45, 2.75) is 13.2 Å². The zero-order valence-corrected chi connectivity index (χ0v) is 28.7. The lowest BCUT2D eigenvalue weighted by Gasteiger charge is -2.07. The first kappa shape index (κ1) is 31.9. The van der Waals surface area contributed by atoms with Gasteiger partial charge in [0.25, 0.3) is 0 Å². The molecule has 0 fully saturated rings. The molecule has 8 heteroatoms. The highest BCUT2D eigenvalue weighted by Crippen LogP contribution is 2.34. The second-order valence-electron chi connectivity index (χ2n) is 10.9. The number of ether oxygens (including phenoxy) is 2. The van der Waals surface area contributed by atoms with E-state index in [-0.39, 0.29) is 0 Å². The van der Waals surface area contributed by atoms with Crippen molar-refractivity contribution in [1.82, 2.24) is 9.97 Å². The molecule has 0 unspecified atom stereocenters. The van der Waals surface area contributed by atoms with Crippen LogP contribution in [0.1, 0.15) is 11.1 Å². The van der Waals surface area contributed by atoms with Crippen molar-refractivity contribution in [1.29, 1.82) is 0 Å². The molecule has 0 aliphatic carbocycles. The van der Waals surface area contributed by atoms with E-state index in [1.54, 1.807) is 22.7 Å². The maximum Gasteiger partial charge on any atom is 0.124 e. The van der Waals surface area contributed by atoms with Gasteiger partial charge in [-0.15, -0.1) is 22.7 Å². The maximum absolute atomic E-state index is 6.04. The van der Waals surface area contributed by atoms with Gasteiger partial charge in [0.1, 0.15) is 34.7 Å². The first-order valence-corrected chi connectivity index (χ1v) is 17.6. The first-order chi connectivity index (χ1) is 23.6. The average molecular weight is 704 g/mol. The molecule has 2 aromatic heterocycles. The Balaban J connectivity index is 0.000000152. The number of aromatic nitrogens is 2. The summed E-state index contributed by atoms with van der Waals surface area (Å²) in [6.45, 7) is 1.11. The van der Waals surface area contributed by atoms with Crippen LogP contribution in [0.15, 0.2) is 146 Å². The predicted molar refractivity (Wildman–Crippen MR) is 202 cm³/mol. The Morgan fingerprint density at radius 2 is 0.896 bits per heavy atom. The normalized spacial score (nSPS) is 10.9. The molecule has 0 amide bonds. The first-order valence-electron chi connectivity index (χ1n) is 15.2. The molecule has 0 saturated carbocycles. The van der Waals surface area contributed by atoms with Gasteiger partial charge in [-0.2, -0.15) is 0 Å². The fourth-order valence-corrected chi connectivity index (χ4v) is 7.19. The summed E-state index contributed by atoms with van der Waals surface area (Å²) in [7, 11) is 0. The Hall–Kier alpha value is -4.72. The van der Waals surface area contributed by atoms with E-state index >= 15 is 0 Å². The Labute approximate surface area is 296 Å². The van der Waals surface area contributed by atoms with Gasteiger partial charge in [-0.25, -0.2) is 9.97 Å². The monoisotopic (exact) mass is 702 g/mol. The molecule has 0 spiro atoms. The summed E-state index contributed by atoms with van der Waals surface area (Å²) < 4.78 is 14.1. The van der Waals surface area contributed by atoms with Crippen LogP contribution in [0.5, 0.6) is 11.5 Å². The number of thiazole rings is 2. The lowest BCUT2D eigenvalue weighted by atomic mass is 10.2. The molecule has 4 nitrogen and oxygen atoms in total. The summed E-state index contributed by atoms with van der Waals surface area (Å²) in [6, 6.07) is 48.0. The maximum atomic E-state index is 6.04. The molecule has 8 aromatic rings. The standard InChI is InChI=1S/2C20H14ClNOS/c2*21-16-9-10-19-18(12-16)22-20(24-19)15-7-4-8-17(11-15)23-13-14-5-2-1-3-6-14/h2*1-12H,13H2. The summed E-state index contributed by atoms with van der Waals surface area (Å²) in [4.78, 5) is 9.36. The van der Waals surface area contributed by atoms with Crippen molar-refractivity contribution in [3.8, 4) is 32.6 Å². The van der Waals surface area contributed by atoms with E-state index in [1.165, 1.54) is 0 Å². The third-order valence-electron chi connectivity index (χ3n) is 7.36. The van der Waals surface area contributed by atoms with Crippen LogP contribution in [-0.4, -0.2) is 9.97 Å². The molecule has 48 heavy (non-hydrogen) atoms. The van der Waals surface area contributed by atoms with Gasteiger partial charge in [-0.3, -0.25) is 0 Å². The number of hydrogen-bond acceptors (Lipinski definition) is 6. The van der Waals surface area contributed by atoms with Gasteiger partial charge < -0.3 is 9.47 Å². The van der Waals surface area contributed by atoms with Crippen LogP contribution in [0.25, 0.3) is 41.6 Å². The van der Waals surface area contributed by atoms with Gasteiger partial charge in [0.15, 0.2) is 0 Å². The third-order valence-corrected chi connectivity index (χ3v) is 10.00. The second kappa shape index (κ2) is 15.0. The van der Waals surface area contributed by atoms with E-state index in [0.717, 1.165) is 64.2 Å². The summed E-state index contributed by atoms with van der Waals surface area (Å²) >= 11 is 15.4. The lowest BCUT2D eigenvalue weighted by molar-refractivity contribution is 0.306. The van der Waals surface area contributed by atoms with Gasteiger partial charge in [-0.1, -0.05) is 108 Å². The fraction of sp³-hybridized carbons (Fsp3) is 0.0500. The van der Waals surface area contributed by atoms with Gasteiger partial charge in [0, 0.05) is 21.2 Å². The topological polar surface area (TPSA) is 44.2 Å². The smallest absolute Gasteiger partial charge is 0.124 e. The minimum atomic E-state index is 0.555. The van der Waals surface area contributed by atoms with Crippen LogP contribution < -0.4 is 9.47 Å². The van der Waals surface area contributed by atoms with Crippen LogP contribution in [0.4, 0.5) is 0 Å². The summed E-state index contributed by atoms with van der Waals surface area (Å²) in [5.41, 5.74) is 6.27. The van der Waals surface area contributed by atoms with E-state index in [2.05, 4.69) is 46.4 Å². The number of hydrogen-bond donors (Lipinski definition) is 0. The van der Waals surface area contributed by atoms with Gasteiger partial charge in [0.2, 0.25) is 0 Å². The summed E-state index contributed by atoms with van der Waals surface area (Å²) in [6.07, 6.45) is 0. The second-order valence-corrected chi connectivity index (χ2v) is 13.8. The Morgan fingerprint density at radius 3 is 1.33 bits per heavy atom. The zero-order valence-electron chi connectivity index (χ0n) is 25.6. The Kier molecular flexibility index (Phi) is 9.96. The molecule has 0 atom stereocenters. The zero-order chi connectivity index (χ0) is 32.7. The predicted octanol–water partition coefficient (Wildman–Crippen LogP) is 12.4. The van der Waals surface area contributed by atoms with Crippen molar-refractivity contribution in [2.24, 2.45) is 0 Å². The summed E-state index contributed by atoms with van der Waals surface area (Å²) in [5.74, 6) is 1.68. The highest BCUT2D eigenvalue weighted by Gasteiger charge is 2.09. The van der Waals surface area contributed by atoms with Crippen molar-refractivity contribution in [3.05, 3.63) is 167 Å². The number of nitrogens with zero attached hydrogens (tertiary/aromatic N) is 2. The van der Waals surface area contributed by atoms with Crippen molar-refractivity contribution < 1.29 is 9.47 Å². The molecule has 6 aromatic carbocycles. The van der Waals surface area contributed by atoms with Crippen molar-refractivity contribution in [2.75, 3.05) is 0 Å². The molecular formula is C40H28Cl2N2O2S2. The van der Waals surface area contributed by atoms with Crippen LogP contribution in [0.2, 0.25) is 10.0 Å². The van der Waals surface area contributed by atoms with Crippen LogP contribution >= 0.6 is 45.9 Å². The Bertz CT molecular complexity index is 2130. The van der Waals surface area contributed by atoms with Crippen LogP contribution in [0.3, 0.4) is 0 Å². The van der Waals surface area contributed by atoms with Crippen LogP contribution in [0, 0.1) is 0 Å². The van der Waals surface area contributed by atoms with E-state index in [4.69, 9.17) is 32.7 Å². The van der Waals surface area contributed by atoms with Crippen LogP contribution in [-0.2, 0) is 13.2 Å². The molecule has 0 radical (unpaired) electrons. The summed E-state index contributed by atoms with van der Waals surface area (Å²) in [5, 5.41) is 3.36. The highest BCUT2D eigenvalue weighted by molar-refractivity contribution is 7.22. The van der Waals surface area contributed by atoms with E-state index in [0.29, 0.717) is 23.3 Å². The minimum absolute atomic E-state index is 0.555. The van der Waals surface area contributed by atoms with Gasteiger partial charge in [0.05, 0.1) is 20.4 Å². The minimum Gasteiger partial charge on any atom is -0.489 e. The Morgan fingerprint density at radius 1 is 0.458 bits per heavy atom. The number of rotatable bonds is 8. The molecule has 0 N–H and O–H groups in total. The molecule has 0 bridgehead atoms. The lowest BCUT2D eigenvalue weighted by Crippen LogP contribution is -1.94. The van der Waals surface area contributed by atoms with Crippen molar-refractivity contribution in [3.63, 3.8) is 0 Å². The van der Waals surface area contributed by atoms with E-state index in [9.17, 15) is 0 Å².